The van der Waals surface area contributed by atoms with Crippen LogP contribution in [0.1, 0.15) is 33.6 Å². The van der Waals surface area contributed by atoms with Crippen LogP contribution in [-0.2, 0) is 0 Å². The van der Waals surface area contributed by atoms with Crippen molar-refractivity contribution < 1.29 is 0 Å². The van der Waals surface area contributed by atoms with E-state index < -0.39 is 0 Å². The maximum absolute atomic E-state index is 5.81. The Labute approximate surface area is 90.7 Å². The third-order valence-corrected chi connectivity index (χ3v) is 2.92. The van der Waals surface area contributed by atoms with Gasteiger partial charge in [-0.05, 0) is 31.9 Å². The average molecular weight is 213 g/mol. The lowest BCUT2D eigenvalue weighted by molar-refractivity contribution is 0.477. The van der Waals surface area contributed by atoms with E-state index in [9.17, 15) is 0 Å². The largest absolute Gasteiger partial charge is 0.365 e. The molecule has 0 spiro atoms. The van der Waals surface area contributed by atoms with Crippen molar-refractivity contribution in [1.82, 2.24) is 4.98 Å². The summed E-state index contributed by atoms with van der Waals surface area (Å²) in [6.45, 7) is 6.53. The van der Waals surface area contributed by atoms with E-state index in [2.05, 4.69) is 31.1 Å². The standard InChI is InChI=1S/C11H17ClN2/c1-4-11(3,5-2)14-10-8-6-7-9(12)13-10/h6-8H,4-5H2,1-3H3,(H,13,14). The van der Waals surface area contributed by atoms with Crippen molar-refractivity contribution >= 4 is 17.4 Å². The van der Waals surface area contributed by atoms with E-state index in [-0.39, 0.29) is 5.54 Å². The second-order valence-electron chi connectivity index (χ2n) is 3.74. The first-order valence-electron chi connectivity index (χ1n) is 5.00. The predicted octanol–water partition coefficient (Wildman–Crippen LogP) is 3.73. The number of rotatable bonds is 4. The van der Waals surface area contributed by atoms with Gasteiger partial charge in [-0.15, -0.1) is 0 Å². The lowest BCUT2D eigenvalue weighted by Gasteiger charge is -2.28. The van der Waals surface area contributed by atoms with Crippen LogP contribution >= 0.6 is 11.6 Å². The van der Waals surface area contributed by atoms with E-state index >= 15 is 0 Å². The van der Waals surface area contributed by atoms with Gasteiger partial charge in [0.1, 0.15) is 11.0 Å². The molecule has 0 radical (unpaired) electrons. The van der Waals surface area contributed by atoms with Crippen LogP contribution in [0.5, 0.6) is 0 Å². The number of anilines is 1. The molecule has 1 aromatic heterocycles. The number of halogens is 1. The summed E-state index contributed by atoms with van der Waals surface area (Å²) in [5.74, 6) is 0.851. The molecule has 0 aliphatic rings. The van der Waals surface area contributed by atoms with Gasteiger partial charge >= 0.3 is 0 Å². The van der Waals surface area contributed by atoms with E-state index in [1.54, 1.807) is 6.07 Å². The topological polar surface area (TPSA) is 24.9 Å². The number of nitrogens with one attached hydrogen (secondary N) is 1. The molecule has 0 unspecified atom stereocenters. The fourth-order valence-corrected chi connectivity index (χ4v) is 1.38. The van der Waals surface area contributed by atoms with Crippen LogP contribution in [0.2, 0.25) is 5.15 Å². The third kappa shape index (κ3) is 2.88. The second kappa shape index (κ2) is 4.65. The first-order chi connectivity index (χ1) is 6.59. The number of pyridine rings is 1. The van der Waals surface area contributed by atoms with Gasteiger partial charge in [0.15, 0.2) is 0 Å². The van der Waals surface area contributed by atoms with Crippen LogP contribution in [0.15, 0.2) is 18.2 Å². The van der Waals surface area contributed by atoms with E-state index in [0.717, 1.165) is 18.7 Å². The molecule has 0 aliphatic carbocycles. The quantitative estimate of drug-likeness (QED) is 0.770. The minimum absolute atomic E-state index is 0.109. The van der Waals surface area contributed by atoms with Crippen molar-refractivity contribution in [1.29, 1.82) is 0 Å². The van der Waals surface area contributed by atoms with Gasteiger partial charge in [0.25, 0.3) is 0 Å². The zero-order valence-corrected chi connectivity index (χ0v) is 9.73. The summed E-state index contributed by atoms with van der Waals surface area (Å²) in [6.07, 6.45) is 2.13. The fraction of sp³-hybridized carbons (Fsp3) is 0.545. The summed E-state index contributed by atoms with van der Waals surface area (Å²) in [7, 11) is 0. The van der Waals surface area contributed by atoms with Crippen LogP contribution in [0.4, 0.5) is 5.82 Å². The second-order valence-corrected chi connectivity index (χ2v) is 4.13. The molecule has 78 valence electrons. The lowest BCUT2D eigenvalue weighted by Crippen LogP contribution is -2.33. The van der Waals surface area contributed by atoms with Crippen molar-refractivity contribution in [3.05, 3.63) is 23.4 Å². The number of nitrogens with zero attached hydrogens (tertiary/aromatic N) is 1. The summed E-state index contributed by atoms with van der Waals surface area (Å²) in [5.41, 5.74) is 0.109. The Morgan fingerprint density at radius 3 is 2.50 bits per heavy atom. The Bertz CT molecular complexity index is 295. The zero-order valence-electron chi connectivity index (χ0n) is 8.97. The van der Waals surface area contributed by atoms with Gasteiger partial charge in [-0.1, -0.05) is 31.5 Å². The smallest absolute Gasteiger partial charge is 0.131 e. The van der Waals surface area contributed by atoms with Gasteiger partial charge in [0, 0.05) is 5.54 Å². The highest BCUT2D eigenvalue weighted by Crippen LogP contribution is 2.20. The molecule has 0 atom stereocenters. The Kier molecular flexibility index (Phi) is 3.76. The summed E-state index contributed by atoms with van der Waals surface area (Å²) >= 11 is 5.81. The van der Waals surface area contributed by atoms with Crippen LogP contribution in [-0.4, -0.2) is 10.5 Å². The lowest BCUT2D eigenvalue weighted by atomic mass is 9.96. The van der Waals surface area contributed by atoms with E-state index in [1.165, 1.54) is 0 Å². The summed E-state index contributed by atoms with van der Waals surface area (Å²) in [5, 5.41) is 3.93. The predicted molar refractivity (Wildman–Crippen MR) is 61.9 cm³/mol. The third-order valence-electron chi connectivity index (χ3n) is 2.71. The maximum atomic E-state index is 5.81. The molecule has 3 heteroatoms. The van der Waals surface area contributed by atoms with Crippen LogP contribution in [0.25, 0.3) is 0 Å². The maximum Gasteiger partial charge on any atom is 0.131 e. The minimum atomic E-state index is 0.109. The first-order valence-corrected chi connectivity index (χ1v) is 5.38. The summed E-state index contributed by atoms with van der Waals surface area (Å²) in [4.78, 5) is 4.21. The molecule has 0 saturated carbocycles. The highest BCUT2D eigenvalue weighted by Gasteiger charge is 2.19. The van der Waals surface area contributed by atoms with Crippen molar-refractivity contribution in [2.45, 2.75) is 39.2 Å². The van der Waals surface area contributed by atoms with E-state index in [1.807, 2.05) is 12.1 Å². The molecular formula is C11H17ClN2. The molecule has 14 heavy (non-hydrogen) atoms. The Morgan fingerprint density at radius 2 is 2.00 bits per heavy atom. The van der Waals surface area contributed by atoms with Gasteiger partial charge in [-0.3, -0.25) is 0 Å². The molecule has 0 bridgehead atoms. The number of hydrogen-bond donors (Lipinski definition) is 1. The van der Waals surface area contributed by atoms with Gasteiger partial charge in [-0.25, -0.2) is 4.98 Å². The van der Waals surface area contributed by atoms with Crippen LogP contribution in [0, 0.1) is 0 Å². The Balaban J connectivity index is 2.77. The fourth-order valence-electron chi connectivity index (χ4n) is 1.21. The van der Waals surface area contributed by atoms with Crippen molar-refractivity contribution in [2.24, 2.45) is 0 Å². The molecule has 0 aromatic carbocycles. The summed E-state index contributed by atoms with van der Waals surface area (Å²) < 4.78 is 0. The molecule has 1 N–H and O–H groups in total. The van der Waals surface area contributed by atoms with Gasteiger partial charge in [0.05, 0.1) is 0 Å². The minimum Gasteiger partial charge on any atom is -0.365 e. The zero-order chi connectivity index (χ0) is 10.6. The van der Waals surface area contributed by atoms with Gasteiger partial charge in [0.2, 0.25) is 0 Å². The molecule has 1 rings (SSSR count). The number of aromatic nitrogens is 1. The number of hydrogen-bond acceptors (Lipinski definition) is 2. The average Bonchev–Trinajstić information content (AvgIpc) is 2.18. The molecule has 0 aliphatic heterocycles. The molecule has 1 aromatic rings. The Morgan fingerprint density at radius 1 is 1.36 bits per heavy atom. The van der Waals surface area contributed by atoms with Crippen molar-refractivity contribution in [3.8, 4) is 0 Å². The summed E-state index contributed by atoms with van der Waals surface area (Å²) in [6, 6.07) is 5.63. The van der Waals surface area contributed by atoms with Crippen LogP contribution in [0.3, 0.4) is 0 Å². The molecule has 0 fully saturated rings. The molecule has 0 saturated heterocycles. The first kappa shape index (κ1) is 11.3. The van der Waals surface area contributed by atoms with Crippen molar-refractivity contribution in [3.63, 3.8) is 0 Å². The highest BCUT2D eigenvalue weighted by molar-refractivity contribution is 6.29. The normalized spacial score (nSPS) is 11.4. The van der Waals surface area contributed by atoms with Gasteiger partial charge < -0.3 is 5.32 Å². The molecule has 2 nitrogen and oxygen atoms in total. The van der Waals surface area contributed by atoms with Gasteiger partial charge in [-0.2, -0.15) is 0 Å². The van der Waals surface area contributed by atoms with Crippen LogP contribution < -0.4 is 5.32 Å². The molecule has 0 amide bonds. The highest BCUT2D eigenvalue weighted by atomic mass is 35.5. The van der Waals surface area contributed by atoms with Crippen molar-refractivity contribution in [2.75, 3.05) is 5.32 Å². The SMILES string of the molecule is CCC(C)(CC)Nc1cccc(Cl)n1. The van der Waals surface area contributed by atoms with E-state index in [4.69, 9.17) is 11.6 Å². The van der Waals surface area contributed by atoms with E-state index in [0.29, 0.717) is 5.15 Å². The molecular weight excluding hydrogens is 196 g/mol. The monoisotopic (exact) mass is 212 g/mol. The molecule has 1 heterocycles. The Hall–Kier alpha value is -0.760.